The number of ether oxygens (including phenoxy) is 1. The molecule has 106 valence electrons. The maximum Gasteiger partial charge on any atom is 0.255 e. The molecule has 4 nitrogen and oxygen atoms in total. The van der Waals surface area contributed by atoms with Crippen molar-refractivity contribution >= 4 is 11.6 Å². The van der Waals surface area contributed by atoms with Crippen molar-refractivity contribution in [2.24, 2.45) is 0 Å². The van der Waals surface area contributed by atoms with Crippen molar-refractivity contribution in [2.45, 2.75) is 13.0 Å². The number of methoxy groups -OCH3 is 1. The maximum absolute atomic E-state index is 12.1. The van der Waals surface area contributed by atoms with Crippen molar-refractivity contribution in [3.8, 4) is 6.07 Å². The predicted octanol–water partition coefficient (Wildman–Crippen LogP) is 3.15. The Labute approximate surface area is 124 Å². The minimum atomic E-state index is -0.160. The van der Waals surface area contributed by atoms with E-state index in [0.29, 0.717) is 24.3 Å². The van der Waals surface area contributed by atoms with Gasteiger partial charge in [0.15, 0.2) is 0 Å². The molecule has 21 heavy (non-hydrogen) atoms. The summed E-state index contributed by atoms with van der Waals surface area (Å²) in [5.74, 6) is -0.160. The van der Waals surface area contributed by atoms with E-state index in [9.17, 15) is 4.79 Å². The molecule has 0 radical (unpaired) electrons. The first-order valence-electron chi connectivity index (χ1n) is 6.58. The van der Waals surface area contributed by atoms with Crippen LogP contribution in [0.1, 0.15) is 21.5 Å². The van der Waals surface area contributed by atoms with Gasteiger partial charge in [-0.3, -0.25) is 4.79 Å². The number of benzene rings is 2. The second kappa shape index (κ2) is 7.22. The minimum Gasteiger partial charge on any atom is -0.380 e. The summed E-state index contributed by atoms with van der Waals surface area (Å²) in [6, 6.07) is 16.6. The smallest absolute Gasteiger partial charge is 0.255 e. The molecule has 0 atom stereocenters. The highest BCUT2D eigenvalue weighted by molar-refractivity contribution is 6.04. The van der Waals surface area contributed by atoms with Gasteiger partial charge in [-0.1, -0.05) is 24.3 Å². The van der Waals surface area contributed by atoms with Crippen LogP contribution in [-0.4, -0.2) is 13.0 Å². The van der Waals surface area contributed by atoms with E-state index in [0.717, 1.165) is 11.1 Å². The Bertz CT molecular complexity index is 640. The van der Waals surface area contributed by atoms with Crippen molar-refractivity contribution in [1.29, 1.82) is 5.26 Å². The van der Waals surface area contributed by atoms with Gasteiger partial charge >= 0.3 is 0 Å². The molecule has 2 aromatic carbocycles. The number of carbonyl (C=O) groups is 1. The molecule has 0 fully saturated rings. The van der Waals surface area contributed by atoms with Gasteiger partial charge in [0, 0.05) is 18.4 Å². The average molecular weight is 280 g/mol. The SMILES string of the molecule is COCc1ccc(C(=O)Nc2ccc(CC#N)cc2)cc1. The first-order chi connectivity index (χ1) is 10.2. The predicted molar refractivity (Wildman–Crippen MR) is 80.9 cm³/mol. The molecule has 0 aliphatic heterocycles. The van der Waals surface area contributed by atoms with Gasteiger partial charge < -0.3 is 10.1 Å². The van der Waals surface area contributed by atoms with E-state index >= 15 is 0 Å². The van der Waals surface area contributed by atoms with E-state index in [2.05, 4.69) is 11.4 Å². The molecule has 2 rings (SSSR count). The highest BCUT2D eigenvalue weighted by Gasteiger charge is 2.06. The minimum absolute atomic E-state index is 0.160. The molecule has 0 aromatic heterocycles. The number of nitriles is 1. The van der Waals surface area contributed by atoms with Crippen LogP contribution in [0.3, 0.4) is 0 Å². The maximum atomic E-state index is 12.1. The van der Waals surface area contributed by atoms with E-state index in [1.54, 1.807) is 31.4 Å². The topological polar surface area (TPSA) is 62.1 Å². The number of amides is 1. The molecule has 4 heteroatoms. The fraction of sp³-hybridized carbons (Fsp3) is 0.176. The summed E-state index contributed by atoms with van der Waals surface area (Å²) in [5.41, 5.74) is 3.26. The zero-order valence-electron chi connectivity index (χ0n) is 11.8. The highest BCUT2D eigenvalue weighted by Crippen LogP contribution is 2.12. The molecular weight excluding hydrogens is 264 g/mol. The van der Waals surface area contributed by atoms with Crippen LogP contribution in [0.2, 0.25) is 0 Å². The Morgan fingerprint density at radius 1 is 1.10 bits per heavy atom. The first-order valence-corrected chi connectivity index (χ1v) is 6.58. The molecular formula is C17H16N2O2. The van der Waals surface area contributed by atoms with Gasteiger partial charge in [-0.25, -0.2) is 0 Å². The summed E-state index contributed by atoms with van der Waals surface area (Å²) >= 11 is 0. The van der Waals surface area contributed by atoms with E-state index in [1.807, 2.05) is 24.3 Å². The molecule has 0 aliphatic carbocycles. The Kier molecular flexibility index (Phi) is 5.08. The Hall–Kier alpha value is -2.64. The zero-order valence-corrected chi connectivity index (χ0v) is 11.8. The van der Waals surface area contributed by atoms with Crippen LogP contribution in [0.5, 0.6) is 0 Å². The summed E-state index contributed by atoms with van der Waals surface area (Å²) in [6.07, 6.45) is 0.370. The van der Waals surface area contributed by atoms with E-state index < -0.39 is 0 Å². The van der Waals surface area contributed by atoms with E-state index in [4.69, 9.17) is 10.00 Å². The third-order valence-corrected chi connectivity index (χ3v) is 3.02. The average Bonchev–Trinajstić information content (AvgIpc) is 2.50. The third kappa shape index (κ3) is 4.16. The summed E-state index contributed by atoms with van der Waals surface area (Å²) < 4.78 is 5.03. The van der Waals surface area contributed by atoms with Gasteiger partial charge in [-0.2, -0.15) is 5.26 Å². The zero-order chi connectivity index (χ0) is 15.1. The second-order valence-electron chi connectivity index (χ2n) is 4.62. The number of rotatable bonds is 5. The summed E-state index contributed by atoms with van der Waals surface area (Å²) in [6.45, 7) is 0.530. The molecule has 0 bridgehead atoms. The molecule has 0 aliphatic rings. The number of nitrogens with zero attached hydrogens (tertiary/aromatic N) is 1. The lowest BCUT2D eigenvalue weighted by atomic mass is 10.1. The molecule has 1 N–H and O–H groups in total. The van der Waals surface area contributed by atoms with Crippen LogP contribution < -0.4 is 5.32 Å². The molecule has 0 saturated heterocycles. The molecule has 2 aromatic rings. The Morgan fingerprint density at radius 3 is 2.29 bits per heavy atom. The second-order valence-corrected chi connectivity index (χ2v) is 4.62. The van der Waals surface area contributed by atoms with Crippen LogP contribution in [-0.2, 0) is 17.8 Å². The summed E-state index contributed by atoms with van der Waals surface area (Å²) in [4.78, 5) is 12.1. The van der Waals surface area contributed by atoms with E-state index in [1.165, 1.54) is 0 Å². The number of hydrogen-bond donors (Lipinski definition) is 1. The fourth-order valence-corrected chi connectivity index (χ4v) is 1.92. The van der Waals surface area contributed by atoms with Crippen LogP contribution in [0.25, 0.3) is 0 Å². The van der Waals surface area contributed by atoms with Crippen molar-refractivity contribution in [3.05, 3.63) is 65.2 Å². The molecule has 0 saturated carbocycles. The molecule has 0 unspecified atom stereocenters. The van der Waals surface area contributed by atoms with Gasteiger partial charge in [-0.05, 0) is 35.4 Å². The van der Waals surface area contributed by atoms with Crippen LogP contribution in [0.15, 0.2) is 48.5 Å². The van der Waals surface area contributed by atoms with Crippen molar-refractivity contribution in [2.75, 3.05) is 12.4 Å². The van der Waals surface area contributed by atoms with Crippen molar-refractivity contribution < 1.29 is 9.53 Å². The van der Waals surface area contributed by atoms with E-state index in [-0.39, 0.29) is 5.91 Å². The van der Waals surface area contributed by atoms with Crippen molar-refractivity contribution in [3.63, 3.8) is 0 Å². The summed E-state index contributed by atoms with van der Waals surface area (Å²) in [5, 5.41) is 11.4. The lowest BCUT2D eigenvalue weighted by molar-refractivity contribution is 0.102. The van der Waals surface area contributed by atoms with Gasteiger partial charge in [-0.15, -0.1) is 0 Å². The Balaban J connectivity index is 2.02. The molecule has 0 spiro atoms. The number of hydrogen-bond acceptors (Lipinski definition) is 3. The van der Waals surface area contributed by atoms with Gasteiger partial charge in [0.25, 0.3) is 5.91 Å². The van der Waals surface area contributed by atoms with Gasteiger partial charge in [0.05, 0.1) is 19.1 Å². The van der Waals surface area contributed by atoms with Crippen LogP contribution >= 0.6 is 0 Å². The number of anilines is 1. The molecule has 0 heterocycles. The van der Waals surface area contributed by atoms with Crippen molar-refractivity contribution in [1.82, 2.24) is 0 Å². The Morgan fingerprint density at radius 2 is 1.71 bits per heavy atom. The largest absolute Gasteiger partial charge is 0.380 e. The lowest BCUT2D eigenvalue weighted by Crippen LogP contribution is -2.11. The van der Waals surface area contributed by atoms with Crippen LogP contribution in [0.4, 0.5) is 5.69 Å². The van der Waals surface area contributed by atoms with Gasteiger partial charge in [0.1, 0.15) is 0 Å². The first kappa shape index (κ1) is 14.8. The number of nitrogens with one attached hydrogen (secondary N) is 1. The third-order valence-electron chi connectivity index (χ3n) is 3.02. The quantitative estimate of drug-likeness (QED) is 0.915. The lowest BCUT2D eigenvalue weighted by Gasteiger charge is -2.06. The standard InChI is InChI=1S/C17H16N2O2/c1-21-12-14-2-6-15(7-3-14)17(20)19-16-8-4-13(5-9-16)10-11-18/h2-9H,10,12H2,1H3,(H,19,20). The normalized spacial score (nSPS) is 9.90. The van der Waals surface area contributed by atoms with Gasteiger partial charge in [0.2, 0.25) is 0 Å². The highest BCUT2D eigenvalue weighted by atomic mass is 16.5. The number of carbonyl (C=O) groups excluding carboxylic acids is 1. The fourth-order valence-electron chi connectivity index (χ4n) is 1.92. The molecule has 1 amide bonds. The summed E-state index contributed by atoms with van der Waals surface area (Å²) in [7, 11) is 1.64. The van der Waals surface area contributed by atoms with Crippen LogP contribution in [0, 0.1) is 11.3 Å². The monoisotopic (exact) mass is 280 g/mol.